The Morgan fingerprint density at radius 2 is 2.17 bits per heavy atom. The fourth-order valence-electron chi connectivity index (χ4n) is 1.41. The van der Waals surface area contributed by atoms with Crippen LogP contribution in [-0.4, -0.2) is 11.8 Å². The maximum absolute atomic E-state index is 11.2. The summed E-state index contributed by atoms with van der Waals surface area (Å²) in [6.45, 7) is 0. The maximum Gasteiger partial charge on any atom is 0.319 e. The summed E-state index contributed by atoms with van der Waals surface area (Å²) in [6, 6.07) is 0. The Labute approximate surface area is 69.7 Å². The first-order valence-corrected chi connectivity index (χ1v) is 3.91. The van der Waals surface area contributed by atoms with Gasteiger partial charge in [-0.25, -0.2) is 0 Å². The van der Waals surface area contributed by atoms with Crippen LogP contribution in [0.3, 0.4) is 0 Å². The van der Waals surface area contributed by atoms with Crippen molar-refractivity contribution in [2.24, 2.45) is 0 Å². The highest BCUT2D eigenvalue weighted by Crippen LogP contribution is 2.25. The number of ether oxygens (including phenoxy) is 1. The molecule has 1 aliphatic carbocycles. The Morgan fingerprint density at radius 3 is 3.00 bits per heavy atom. The molecule has 62 valence electrons. The standard InChI is InChI=1S/C9H8O3/c10-7-5-9(11)12-8-4-2-1-3-6(7)8/h2,4H,1,3,5H2. The second-order valence-corrected chi connectivity index (χ2v) is 2.86. The monoisotopic (exact) mass is 164 g/mol. The zero-order chi connectivity index (χ0) is 8.55. The van der Waals surface area contributed by atoms with Gasteiger partial charge < -0.3 is 4.74 Å². The lowest BCUT2D eigenvalue weighted by Crippen LogP contribution is -2.21. The number of carbonyl (C=O) groups is 2. The molecule has 0 N–H and O–H groups in total. The Balaban J connectivity index is 2.39. The zero-order valence-corrected chi connectivity index (χ0v) is 6.50. The minimum Gasteiger partial charge on any atom is -0.426 e. The van der Waals surface area contributed by atoms with Crippen molar-refractivity contribution in [2.45, 2.75) is 19.3 Å². The largest absolute Gasteiger partial charge is 0.426 e. The fraction of sp³-hybridized carbons (Fsp3) is 0.333. The first kappa shape index (κ1) is 7.28. The van der Waals surface area contributed by atoms with Crippen LogP contribution in [0.4, 0.5) is 0 Å². The van der Waals surface area contributed by atoms with Crippen LogP contribution in [0.25, 0.3) is 0 Å². The Kier molecular flexibility index (Phi) is 1.57. The lowest BCUT2D eigenvalue weighted by Gasteiger charge is -2.18. The molecular formula is C9H8O3. The van der Waals surface area contributed by atoms with Crippen molar-refractivity contribution in [1.29, 1.82) is 0 Å². The summed E-state index contributed by atoms with van der Waals surface area (Å²) in [5.41, 5.74) is 0.678. The minimum atomic E-state index is -0.440. The van der Waals surface area contributed by atoms with Gasteiger partial charge in [0.05, 0.1) is 0 Å². The smallest absolute Gasteiger partial charge is 0.319 e. The van der Waals surface area contributed by atoms with E-state index in [-0.39, 0.29) is 12.2 Å². The highest BCUT2D eigenvalue weighted by molar-refractivity contribution is 6.08. The number of rotatable bonds is 0. The Hall–Kier alpha value is -1.38. The van der Waals surface area contributed by atoms with E-state index in [2.05, 4.69) is 0 Å². The van der Waals surface area contributed by atoms with Crippen LogP contribution >= 0.6 is 0 Å². The topological polar surface area (TPSA) is 43.4 Å². The van der Waals surface area contributed by atoms with Gasteiger partial charge in [0.1, 0.15) is 12.2 Å². The van der Waals surface area contributed by atoms with Gasteiger partial charge in [0.2, 0.25) is 0 Å². The average molecular weight is 164 g/mol. The van der Waals surface area contributed by atoms with Gasteiger partial charge in [0.15, 0.2) is 5.78 Å². The molecule has 0 saturated carbocycles. The highest BCUT2D eigenvalue weighted by atomic mass is 16.5. The predicted molar refractivity (Wildman–Crippen MR) is 41.1 cm³/mol. The van der Waals surface area contributed by atoms with E-state index in [1.807, 2.05) is 6.08 Å². The molecule has 2 rings (SSSR count). The fourth-order valence-corrected chi connectivity index (χ4v) is 1.41. The molecule has 0 atom stereocenters. The molecule has 0 saturated heterocycles. The van der Waals surface area contributed by atoms with Crippen molar-refractivity contribution < 1.29 is 14.3 Å². The molecular weight excluding hydrogens is 156 g/mol. The second kappa shape index (κ2) is 2.59. The van der Waals surface area contributed by atoms with Crippen LogP contribution in [0.2, 0.25) is 0 Å². The van der Waals surface area contributed by atoms with Crippen molar-refractivity contribution in [3.63, 3.8) is 0 Å². The molecule has 0 spiro atoms. The molecule has 1 aliphatic heterocycles. The van der Waals surface area contributed by atoms with E-state index in [0.717, 1.165) is 6.42 Å². The van der Waals surface area contributed by atoms with E-state index >= 15 is 0 Å². The van der Waals surface area contributed by atoms with Crippen LogP contribution < -0.4 is 0 Å². The van der Waals surface area contributed by atoms with Crippen molar-refractivity contribution in [2.75, 3.05) is 0 Å². The summed E-state index contributed by atoms with van der Waals surface area (Å²) in [5, 5.41) is 0. The molecule has 3 nitrogen and oxygen atoms in total. The Morgan fingerprint density at radius 1 is 1.33 bits per heavy atom. The number of carbonyl (C=O) groups excluding carboxylic acids is 2. The van der Waals surface area contributed by atoms with E-state index < -0.39 is 5.97 Å². The quantitative estimate of drug-likeness (QED) is 0.398. The molecule has 0 fully saturated rings. The predicted octanol–water partition coefficient (Wildman–Crippen LogP) is 1.11. The molecule has 2 aliphatic rings. The summed E-state index contributed by atoms with van der Waals surface area (Å²) in [4.78, 5) is 22.1. The van der Waals surface area contributed by atoms with Crippen LogP contribution in [0.15, 0.2) is 23.5 Å². The molecule has 0 unspecified atom stereocenters. The minimum absolute atomic E-state index is 0.0781. The second-order valence-electron chi connectivity index (χ2n) is 2.86. The number of hydrogen-bond acceptors (Lipinski definition) is 3. The van der Waals surface area contributed by atoms with E-state index in [1.165, 1.54) is 0 Å². The number of hydrogen-bond donors (Lipinski definition) is 0. The summed E-state index contributed by atoms with van der Waals surface area (Å²) in [6.07, 6.45) is 5.09. The summed E-state index contributed by atoms with van der Waals surface area (Å²) in [5.74, 6) is -0.0570. The summed E-state index contributed by atoms with van der Waals surface area (Å²) in [7, 11) is 0. The maximum atomic E-state index is 11.2. The van der Waals surface area contributed by atoms with E-state index in [1.54, 1.807) is 6.08 Å². The third kappa shape index (κ3) is 1.07. The van der Waals surface area contributed by atoms with E-state index in [4.69, 9.17) is 4.74 Å². The first-order chi connectivity index (χ1) is 5.77. The SMILES string of the molecule is O=C1CC(=O)C2=C(C=CCC2)O1. The molecule has 0 aromatic heterocycles. The molecule has 3 heteroatoms. The van der Waals surface area contributed by atoms with Gasteiger partial charge in [-0.3, -0.25) is 9.59 Å². The molecule has 1 heterocycles. The van der Waals surface area contributed by atoms with E-state index in [0.29, 0.717) is 17.8 Å². The van der Waals surface area contributed by atoms with Crippen LogP contribution in [0.1, 0.15) is 19.3 Å². The lowest BCUT2D eigenvalue weighted by molar-refractivity contribution is -0.143. The summed E-state index contributed by atoms with van der Waals surface area (Å²) < 4.78 is 4.89. The third-order valence-corrected chi connectivity index (χ3v) is 1.99. The van der Waals surface area contributed by atoms with Gasteiger partial charge in [-0.15, -0.1) is 0 Å². The van der Waals surface area contributed by atoms with Gasteiger partial charge in [0, 0.05) is 5.57 Å². The Bertz CT molecular complexity index is 310. The molecule has 0 aromatic rings. The number of Topliss-reactive ketones (excluding diaryl/α,β-unsaturated/α-hetero) is 1. The van der Waals surface area contributed by atoms with Gasteiger partial charge in [-0.1, -0.05) is 6.08 Å². The van der Waals surface area contributed by atoms with Crippen molar-refractivity contribution in [1.82, 2.24) is 0 Å². The van der Waals surface area contributed by atoms with Crippen LogP contribution in [-0.2, 0) is 14.3 Å². The molecule has 0 bridgehead atoms. The molecule has 0 amide bonds. The van der Waals surface area contributed by atoms with E-state index in [9.17, 15) is 9.59 Å². The number of allylic oxidation sites excluding steroid dienone is 3. The van der Waals surface area contributed by atoms with Gasteiger partial charge in [-0.2, -0.15) is 0 Å². The average Bonchev–Trinajstić information content (AvgIpc) is 2.04. The number of ketones is 1. The lowest BCUT2D eigenvalue weighted by atomic mass is 9.96. The van der Waals surface area contributed by atoms with Crippen molar-refractivity contribution >= 4 is 11.8 Å². The zero-order valence-electron chi connectivity index (χ0n) is 6.50. The first-order valence-electron chi connectivity index (χ1n) is 3.91. The van der Waals surface area contributed by atoms with Gasteiger partial charge in [0.25, 0.3) is 0 Å². The summed E-state index contributed by atoms with van der Waals surface area (Å²) >= 11 is 0. The van der Waals surface area contributed by atoms with Gasteiger partial charge >= 0.3 is 5.97 Å². The van der Waals surface area contributed by atoms with Gasteiger partial charge in [-0.05, 0) is 18.9 Å². The van der Waals surface area contributed by atoms with Crippen LogP contribution in [0.5, 0.6) is 0 Å². The molecule has 0 radical (unpaired) electrons. The molecule has 12 heavy (non-hydrogen) atoms. The number of esters is 1. The van der Waals surface area contributed by atoms with Crippen molar-refractivity contribution in [3.05, 3.63) is 23.5 Å². The van der Waals surface area contributed by atoms with Crippen molar-refractivity contribution in [3.8, 4) is 0 Å². The third-order valence-electron chi connectivity index (χ3n) is 1.99. The normalized spacial score (nSPS) is 22.3. The highest BCUT2D eigenvalue weighted by Gasteiger charge is 2.26. The van der Waals surface area contributed by atoms with Crippen LogP contribution in [0, 0.1) is 0 Å². The molecule has 0 aromatic carbocycles.